The van der Waals surface area contributed by atoms with Crippen molar-refractivity contribution in [3.8, 4) is 0 Å². The summed E-state index contributed by atoms with van der Waals surface area (Å²) in [6.45, 7) is 9.28. The van der Waals surface area contributed by atoms with Crippen molar-refractivity contribution in [1.29, 1.82) is 0 Å². The smallest absolute Gasteiger partial charge is 0.339 e. The zero-order valence-electron chi connectivity index (χ0n) is 19.3. The summed E-state index contributed by atoms with van der Waals surface area (Å²) in [5.41, 5.74) is -1.39. The van der Waals surface area contributed by atoms with Crippen LogP contribution in [0.4, 0.5) is 0 Å². The van der Waals surface area contributed by atoms with Gasteiger partial charge >= 0.3 is 23.9 Å². The number of rotatable bonds is 5. The number of alkyl halides is 1. The van der Waals surface area contributed by atoms with E-state index in [1.54, 1.807) is 6.08 Å². The van der Waals surface area contributed by atoms with Crippen LogP contribution in [0.5, 0.6) is 0 Å². The fourth-order valence-corrected chi connectivity index (χ4v) is 3.69. The number of carbonyl (C=O) groups excluding carboxylic acids is 4. The van der Waals surface area contributed by atoms with E-state index in [-0.39, 0.29) is 11.1 Å². The first-order valence-corrected chi connectivity index (χ1v) is 10.8. The lowest BCUT2D eigenvalue weighted by Crippen LogP contribution is -2.51. The molecule has 0 saturated carbocycles. The van der Waals surface area contributed by atoms with Crippen LogP contribution in [-0.2, 0) is 38.1 Å². The molecule has 9 nitrogen and oxygen atoms in total. The van der Waals surface area contributed by atoms with Crippen LogP contribution < -0.4 is 0 Å². The maximum Gasteiger partial charge on any atom is 0.339 e. The molecule has 6 atom stereocenters. The molecule has 1 fully saturated rings. The molecule has 0 aromatic heterocycles. The van der Waals surface area contributed by atoms with E-state index < -0.39 is 59.1 Å². The average Bonchev–Trinajstić information content (AvgIpc) is 2.99. The van der Waals surface area contributed by atoms with Gasteiger partial charge in [-0.1, -0.05) is 18.2 Å². The van der Waals surface area contributed by atoms with Crippen LogP contribution in [0.3, 0.4) is 0 Å². The minimum atomic E-state index is -2.13. The summed E-state index contributed by atoms with van der Waals surface area (Å²) in [6.07, 6.45) is 0.283. The van der Waals surface area contributed by atoms with Gasteiger partial charge in [-0.3, -0.25) is 4.79 Å². The van der Waals surface area contributed by atoms with E-state index in [1.165, 1.54) is 13.0 Å². The van der Waals surface area contributed by atoms with E-state index in [0.29, 0.717) is 12.8 Å². The van der Waals surface area contributed by atoms with Crippen LogP contribution in [-0.4, -0.2) is 65.4 Å². The molecule has 0 amide bonds. The van der Waals surface area contributed by atoms with Gasteiger partial charge < -0.3 is 24.1 Å². The van der Waals surface area contributed by atoms with Gasteiger partial charge in [-0.2, -0.15) is 0 Å². The highest BCUT2D eigenvalue weighted by molar-refractivity contribution is 6.22. The predicted octanol–water partition coefficient (Wildman–Crippen LogP) is 2.15. The van der Waals surface area contributed by atoms with Crippen molar-refractivity contribution >= 4 is 35.5 Å². The summed E-state index contributed by atoms with van der Waals surface area (Å²) in [7, 11) is 1.16. The fourth-order valence-electron chi connectivity index (χ4n) is 3.60. The lowest BCUT2D eigenvalue weighted by molar-refractivity contribution is -0.183. The van der Waals surface area contributed by atoms with Gasteiger partial charge in [0, 0.05) is 12.5 Å². The number of fused-ring (bicyclic) bond motifs is 1. The molecule has 0 radical (unpaired) electrons. The van der Waals surface area contributed by atoms with Crippen LogP contribution in [0.15, 0.2) is 35.5 Å². The third kappa shape index (κ3) is 5.83. The molecule has 0 aromatic carbocycles. The Bertz CT molecular complexity index is 900. The molecule has 10 heteroatoms. The van der Waals surface area contributed by atoms with E-state index in [0.717, 1.165) is 26.5 Å². The summed E-state index contributed by atoms with van der Waals surface area (Å²) in [4.78, 5) is 50.0. The lowest BCUT2D eigenvalue weighted by Gasteiger charge is -2.35. The second kappa shape index (κ2) is 10.5. The zero-order chi connectivity index (χ0) is 25.1. The maximum absolute atomic E-state index is 12.9. The Balaban J connectivity index is 2.72. The molecular weight excluding hydrogens is 456 g/mol. The minimum absolute atomic E-state index is 0.0395. The standard InChI is InChI=1S/C23H29ClO9/c1-11-8-7-9-15(21(27)30-6)18(31-14(4)25)19(33-22(28)23(5,29)13(3)24)17-12(2)20(26)32-16(17)10-11/h9-10,13,16-19,29H,2,7-8H2,1,3-6H3/t13?,16-,17+,18+,19+,23?/m1/s1. The van der Waals surface area contributed by atoms with Crippen molar-refractivity contribution in [3.05, 3.63) is 35.5 Å². The van der Waals surface area contributed by atoms with Crippen LogP contribution in [0.1, 0.15) is 40.5 Å². The van der Waals surface area contributed by atoms with Gasteiger partial charge in [0.05, 0.1) is 24.0 Å². The second-order valence-corrected chi connectivity index (χ2v) is 8.94. The monoisotopic (exact) mass is 484 g/mol. The van der Waals surface area contributed by atoms with Gasteiger partial charge in [0.15, 0.2) is 17.8 Å². The Kier molecular flexibility index (Phi) is 8.48. The van der Waals surface area contributed by atoms with Gasteiger partial charge in [-0.05, 0) is 39.7 Å². The number of halogens is 1. The molecule has 1 heterocycles. The van der Waals surface area contributed by atoms with Crippen LogP contribution >= 0.6 is 11.6 Å². The van der Waals surface area contributed by atoms with Gasteiger partial charge in [-0.25, -0.2) is 14.4 Å². The second-order valence-electron chi connectivity index (χ2n) is 8.29. The minimum Gasteiger partial charge on any atom is -0.466 e. The van der Waals surface area contributed by atoms with Crippen LogP contribution in [0, 0.1) is 5.92 Å². The van der Waals surface area contributed by atoms with Crippen LogP contribution in [0.25, 0.3) is 0 Å². The fraction of sp³-hybridized carbons (Fsp3) is 0.565. The largest absolute Gasteiger partial charge is 0.466 e. The van der Waals surface area contributed by atoms with E-state index in [4.69, 9.17) is 30.5 Å². The van der Waals surface area contributed by atoms with Crippen molar-refractivity contribution in [2.75, 3.05) is 7.11 Å². The Morgan fingerprint density at radius 1 is 1.33 bits per heavy atom. The van der Waals surface area contributed by atoms with Gasteiger partial charge in [0.1, 0.15) is 6.10 Å². The Morgan fingerprint density at radius 2 is 1.97 bits per heavy atom. The Hall–Kier alpha value is -2.65. The molecule has 1 aliphatic carbocycles. The number of hydrogen-bond acceptors (Lipinski definition) is 9. The van der Waals surface area contributed by atoms with E-state index in [1.807, 2.05) is 6.92 Å². The topological polar surface area (TPSA) is 125 Å². The number of ether oxygens (including phenoxy) is 4. The molecule has 2 aliphatic rings. The first-order chi connectivity index (χ1) is 15.3. The van der Waals surface area contributed by atoms with Crippen molar-refractivity contribution in [2.24, 2.45) is 5.92 Å². The first kappa shape index (κ1) is 26.6. The maximum atomic E-state index is 12.9. The van der Waals surface area contributed by atoms with Crippen molar-refractivity contribution in [3.63, 3.8) is 0 Å². The van der Waals surface area contributed by atoms with Crippen molar-refractivity contribution in [1.82, 2.24) is 0 Å². The average molecular weight is 485 g/mol. The molecule has 2 unspecified atom stereocenters. The zero-order valence-corrected chi connectivity index (χ0v) is 20.0. The molecule has 0 spiro atoms. The quantitative estimate of drug-likeness (QED) is 0.205. The summed E-state index contributed by atoms with van der Waals surface area (Å²) >= 11 is 5.96. The number of aliphatic hydroxyl groups is 1. The first-order valence-electron chi connectivity index (χ1n) is 10.4. The highest BCUT2D eigenvalue weighted by Gasteiger charge is 2.52. The molecule has 2 rings (SSSR count). The summed E-state index contributed by atoms with van der Waals surface area (Å²) < 4.78 is 21.4. The normalized spacial score (nSPS) is 28.2. The molecule has 1 N–H and O–H groups in total. The number of hydrogen-bond donors (Lipinski definition) is 1. The van der Waals surface area contributed by atoms with Gasteiger partial charge in [0.25, 0.3) is 0 Å². The van der Waals surface area contributed by atoms with E-state index in [9.17, 15) is 24.3 Å². The van der Waals surface area contributed by atoms with E-state index >= 15 is 0 Å². The third-order valence-corrected chi connectivity index (χ3v) is 6.14. The molecule has 1 saturated heterocycles. The Morgan fingerprint density at radius 3 is 2.52 bits per heavy atom. The summed E-state index contributed by atoms with van der Waals surface area (Å²) in [6, 6.07) is 0. The molecule has 33 heavy (non-hydrogen) atoms. The molecule has 0 aromatic rings. The Labute approximate surface area is 197 Å². The SMILES string of the molecule is C=C1C(=O)O[C@@H]2C=C(C)CCC=C(C(=O)OC)[C@H](OC(C)=O)[C@@H](OC(=O)C(C)(O)C(C)Cl)[C@@H]12. The summed E-state index contributed by atoms with van der Waals surface area (Å²) in [5.74, 6) is -4.47. The number of methoxy groups -OCH3 is 1. The van der Waals surface area contributed by atoms with Gasteiger partial charge in [0.2, 0.25) is 0 Å². The van der Waals surface area contributed by atoms with E-state index in [2.05, 4.69) is 6.58 Å². The van der Waals surface area contributed by atoms with Crippen molar-refractivity contribution in [2.45, 2.75) is 69.8 Å². The lowest BCUT2D eigenvalue weighted by atomic mass is 9.83. The molecule has 1 aliphatic heterocycles. The number of esters is 4. The number of allylic oxidation sites excluding steroid dienone is 2. The van der Waals surface area contributed by atoms with Gasteiger partial charge in [-0.15, -0.1) is 11.6 Å². The third-order valence-electron chi connectivity index (χ3n) is 5.72. The number of carbonyl (C=O) groups is 4. The molecule has 0 bridgehead atoms. The molecule has 182 valence electrons. The highest BCUT2D eigenvalue weighted by atomic mass is 35.5. The van der Waals surface area contributed by atoms with Crippen molar-refractivity contribution < 1.29 is 43.2 Å². The van der Waals surface area contributed by atoms with Crippen LogP contribution in [0.2, 0.25) is 0 Å². The molecular formula is C23H29ClO9. The highest BCUT2D eigenvalue weighted by Crippen LogP contribution is 2.38. The summed E-state index contributed by atoms with van der Waals surface area (Å²) in [5, 5.41) is 9.51. The predicted molar refractivity (Wildman–Crippen MR) is 117 cm³/mol.